The summed E-state index contributed by atoms with van der Waals surface area (Å²) < 4.78 is 0. The molecule has 0 spiro atoms. The van der Waals surface area contributed by atoms with Crippen molar-refractivity contribution in [3.05, 3.63) is 35.4 Å². The Kier molecular flexibility index (Phi) is 3.07. The Morgan fingerprint density at radius 2 is 1.92 bits per heavy atom. The molecule has 0 aliphatic heterocycles. The molecule has 0 aliphatic carbocycles. The lowest BCUT2D eigenvalue weighted by Crippen LogP contribution is -2.22. The highest BCUT2D eigenvalue weighted by Gasteiger charge is 2.10. The van der Waals surface area contributed by atoms with Crippen LogP contribution in [0.4, 0.5) is 0 Å². The van der Waals surface area contributed by atoms with Crippen LogP contribution in [0.25, 0.3) is 0 Å². The van der Waals surface area contributed by atoms with Crippen LogP contribution < -0.4 is 5.73 Å². The molecule has 0 fully saturated rings. The number of hydrogen-bond acceptors (Lipinski definition) is 2. The molecule has 1 aromatic rings. The summed E-state index contributed by atoms with van der Waals surface area (Å²) in [6.45, 7) is 1.67. The number of hydrogen-bond donors (Lipinski definition) is 2. The van der Waals surface area contributed by atoms with Gasteiger partial charge in [-0.15, -0.1) is 6.42 Å². The number of nitrogens with two attached hydrogens (primary N) is 1. The molecule has 0 aliphatic rings. The molecule has 2 nitrogen and oxygen atoms in total. The van der Waals surface area contributed by atoms with Gasteiger partial charge >= 0.3 is 0 Å². The minimum atomic E-state index is -0.545. The van der Waals surface area contributed by atoms with Gasteiger partial charge in [0, 0.05) is 5.56 Å². The topological polar surface area (TPSA) is 46.2 Å². The summed E-state index contributed by atoms with van der Waals surface area (Å²) in [6.07, 6.45) is 4.66. The zero-order chi connectivity index (χ0) is 9.84. The molecule has 0 saturated heterocycles. The summed E-state index contributed by atoms with van der Waals surface area (Å²) in [5.74, 6) is 2.52. The molecule has 0 amide bonds. The number of aliphatic hydroxyl groups is 1. The SMILES string of the molecule is C#Cc1ccc([C@H](N)[C@@H](C)O)cc1. The Morgan fingerprint density at radius 3 is 2.31 bits per heavy atom. The van der Waals surface area contributed by atoms with Gasteiger partial charge < -0.3 is 10.8 Å². The van der Waals surface area contributed by atoms with Gasteiger partial charge in [0.15, 0.2) is 0 Å². The Morgan fingerprint density at radius 1 is 1.38 bits per heavy atom. The van der Waals surface area contributed by atoms with Gasteiger partial charge in [0.25, 0.3) is 0 Å². The third-order valence-electron chi connectivity index (χ3n) is 1.98. The van der Waals surface area contributed by atoms with E-state index in [9.17, 15) is 5.11 Å². The average Bonchev–Trinajstić information content (AvgIpc) is 2.17. The maximum atomic E-state index is 9.24. The number of benzene rings is 1. The molecule has 0 heterocycles. The Bertz CT molecular complexity index is 308. The molecule has 0 saturated carbocycles. The summed E-state index contributed by atoms with van der Waals surface area (Å²) in [6, 6.07) is 6.97. The van der Waals surface area contributed by atoms with Gasteiger partial charge in [-0.2, -0.15) is 0 Å². The van der Waals surface area contributed by atoms with E-state index in [0.717, 1.165) is 11.1 Å². The second kappa shape index (κ2) is 4.08. The third kappa shape index (κ3) is 2.32. The first-order chi connectivity index (χ1) is 6.15. The predicted molar refractivity (Wildman–Crippen MR) is 53.0 cm³/mol. The molecule has 0 unspecified atom stereocenters. The number of rotatable bonds is 2. The van der Waals surface area contributed by atoms with Crippen LogP contribution in [0.15, 0.2) is 24.3 Å². The standard InChI is InChI=1S/C11H13NO/c1-3-9-4-6-10(7-5-9)11(12)8(2)13/h1,4-8,11,13H,12H2,2H3/t8-,11-/m1/s1. The van der Waals surface area contributed by atoms with E-state index in [1.54, 1.807) is 6.92 Å². The number of aliphatic hydroxyl groups excluding tert-OH is 1. The van der Waals surface area contributed by atoms with E-state index >= 15 is 0 Å². The van der Waals surface area contributed by atoms with Crippen molar-refractivity contribution in [1.29, 1.82) is 0 Å². The second-order valence-corrected chi connectivity index (χ2v) is 3.03. The van der Waals surface area contributed by atoms with Crippen LogP contribution in [0.3, 0.4) is 0 Å². The lowest BCUT2D eigenvalue weighted by Gasteiger charge is -2.14. The van der Waals surface area contributed by atoms with Crippen molar-refractivity contribution in [2.24, 2.45) is 5.73 Å². The zero-order valence-electron chi connectivity index (χ0n) is 7.57. The molecule has 0 bridgehead atoms. The van der Waals surface area contributed by atoms with Gasteiger partial charge in [0.2, 0.25) is 0 Å². The molecular weight excluding hydrogens is 162 g/mol. The molecule has 3 N–H and O–H groups in total. The first kappa shape index (κ1) is 9.79. The van der Waals surface area contributed by atoms with Gasteiger partial charge in [-0.05, 0) is 24.6 Å². The van der Waals surface area contributed by atoms with Gasteiger partial charge in [-0.1, -0.05) is 18.1 Å². The van der Waals surface area contributed by atoms with Gasteiger partial charge in [0.1, 0.15) is 0 Å². The fourth-order valence-electron chi connectivity index (χ4n) is 1.08. The van der Waals surface area contributed by atoms with Crippen molar-refractivity contribution in [3.63, 3.8) is 0 Å². The van der Waals surface area contributed by atoms with E-state index in [2.05, 4.69) is 5.92 Å². The Labute approximate surface area is 78.4 Å². The summed E-state index contributed by atoms with van der Waals surface area (Å²) in [5.41, 5.74) is 7.45. The highest BCUT2D eigenvalue weighted by Crippen LogP contribution is 2.14. The van der Waals surface area contributed by atoms with Crippen LogP contribution in [-0.2, 0) is 0 Å². The van der Waals surface area contributed by atoms with E-state index in [0.29, 0.717) is 0 Å². The smallest absolute Gasteiger partial charge is 0.0704 e. The monoisotopic (exact) mass is 175 g/mol. The number of terminal acetylenes is 1. The van der Waals surface area contributed by atoms with Crippen LogP contribution in [0.5, 0.6) is 0 Å². The van der Waals surface area contributed by atoms with E-state index in [1.165, 1.54) is 0 Å². The van der Waals surface area contributed by atoms with E-state index in [1.807, 2.05) is 24.3 Å². The van der Waals surface area contributed by atoms with Crippen molar-refractivity contribution in [2.75, 3.05) is 0 Å². The van der Waals surface area contributed by atoms with Crippen molar-refractivity contribution in [2.45, 2.75) is 19.1 Å². The Balaban J connectivity index is 2.87. The van der Waals surface area contributed by atoms with Crippen molar-refractivity contribution in [3.8, 4) is 12.3 Å². The highest BCUT2D eigenvalue weighted by atomic mass is 16.3. The summed E-state index contributed by atoms with van der Waals surface area (Å²) >= 11 is 0. The lowest BCUT2D eigenvalue weighted by molar-refractivity contribution is 0.164. The fourth-order valence-corrected chi connectivity index (χ4v) is 1.08. The quantitative estimate of drug-likeness (QED) is 0.660. The summed E-state index contributed by atoms with van der Waals surface area (Å²) in [7, 11) is 0. The normalized spacial score (nSPS) is 14.6. The van der Waals surface area contributed by atoms with Crippen LogP contribution in [0.1, 0.15) is 24.1 Å². The van der Waals surface area contributed by atoms with Gasteiger partial charge in [0.05, 0.1) is 12.1 Å². The third-order valence-corrected chi connectivity index (χ3v) is 1.98. The van der Waals surface area contributed by atoms with Crippen LogP contribution in [0.2, 0.25) is 0 Å². The highest BCUT2D eigenvalue weighted by molar-refractivity contribution is 5.35. The van der Waals surface area contributed by atoms with E-state index < -0.39 is 6.10 Å². The lowest BCUT2D eigenvalue weighted by atomic mass is 10.0. The van der Waals surface area contributed by atoms with Crippen molar-refractivity contribution >= 4 is 0 Å². The minimum Gasteiger partial charge on any atom is -0.391 e. The first-order valence-electron chi connectivity index (χ1n) is 4.15. The van der Waals surface area contributed by atoms with Crippen LogP contribution in [-0.4, -0.2) is 11.2 Å². The van der Waals surface area contributed by atoms with Crippen LogP contribution in [0, 0.1) is 12.3 Å². The maximum absolute atomic E-state index is 9.24. The average molecular weight is 175 g/mol. The van der Waals surface area contributed by atoms with E-state index in [4.69, 9.17) is 12.2 Å². The second-order valence-electron chi connectivity index (χ2n) is 3.03. The minimum absolute atomic E-state index is 0.341. The fraction of sp³-hybridized carbons (Fsp3) is 0.273. The zero-order valence-corrected chi connectivity index (χ0v) is 7.57. The largest absolute Gasteiger partial charge is 0.391 e. The van der Waals surface area contributed by atoms with Gasteiger partial charge in [-0.25, -0.2) is 0 Å². The molecule has 0 aromatic heterocycles. The first-order valence-corrected chi connectivity index (χ1v) is 4.15. The van der Waals surface area contributed by atoms with Crippen molar-refractivity contribution in [1.82, 2.24) is 0 Å². The van der Waals surface area contributed by atoms with Crippen molar-refractivity contribution < 1.29 is 5.11 Å². The predicted octanol–water partition coefficient (Wildman–Crippen LogP) is 1.05. The molecule has 2 atom stereocenters. The summed E-state index contributed by atoms with van der Waals surface area (Å²) in [5, 5.41) is 9.24. The summed E-state index contributed by atoms with van der Waals surface area (Å²) in [4.78, 5) is 0. The molecular formula is C11H13NO. The Hall–Kier alpha value is -1.30. The van der Waals surface area contributed by atoms with E-state index in [-0.39, 0.29) is 6.04 Å². The molecule has 0 radical (unpaired) electrons. The molecule has 1 aromatic carbocycles. The molecule has 2 heteroatoms. The molecule has 1 rings (SSSR count). The maximum Gasteiger partial charge on any atom is 0.0704 e. The van der Waals surface area contributed by atoms with Crippen LogP contribution >= 0.6 is 0 Å². The molecule has 13 heavy (non-hydrogen) atoms. The van der Waals surface area contributed by atoms with Gasteiger partial charge in [-0.3, -0.25) is 0 Å². The molecule has 68 valence electrons.